The summed E-state index contributed by atoms with van der Waals surface area (Å²) in [5, 5.41) is 11.9. The second kappa shape index (κ2) is 7.24. The quantitative estimate of drug-likeness (QED) is 0.716. The lowest BCUT2D eigenvalue weighted by atomic mass is 10.2. The molecule has 0 rings (SSSR count). The fourth-order valence-electron chi connectivity index (χ4n) is 1.42. The van der Waals surface area contributed by atoms with Gasteiger partial charge in [0, 0.05) is 19.1 Å². The first-order valence-corrected chi connectivity index (χ1v) is 5.48. The summed E-state index contributed by atoms with van der Waals surface area (Å²) in [6.07, 6.45) is 0.260. The van der Waals surface area contributed by atoms with Crippen LogP contribution >= 0.6 is 0 Å². The highest BCUT2D eigenvalue weighted by molar-refractivity contribution is 5.77. The van der Waals surface area contributed by atoms with Crippen LogP contribution in [0.4, 0.5) is 0 Å². The van der Waals surface area contributed by atoms with Gasteiger partial charge in [-0.15, -0.1) is 0 Å². The minimum atomic E-state index is -0.377. The van der Waals surface area contributed by atoms with Crippen LogP contribution in [0.1, 0.15) is 34.1 Å². The van der Waals surface area contributed by atoms with Gasteiger partial charge in [0.2, 0.25) is 5.91 Å². The van der Waals surface area contributed by atoms with Gasteiger partial charge < -0.3 is 4.90 Å². The van der Waals surface area contributed by atoms with E-state index in [1.165, 1.54) is 0 Å². The van der Waals surface area contributed by atoms with Gasteiger partial charge in [0.15, 0.2) is 0 Å². The van der Waals surface area contributed by atoms with Crippen LogP contribution in [0.5, 0.6) is 0 Å². The number of hydrogen-bond donors (Lipinski definition) is 1. The fraction of sp³-hybridized carbons (Fsp3) is 0.818. The van der Waals surface area contributed by atoms with Crippen molar-refractivity contribution >= 4 is 5.91 Å². The van der Waals surface area contributed by atoms with Gasteiger partial charge in [-0.25, -0.2) is 0 Å². The minimum absolute atomic E-state index is 0.0414. The van der Waals surface area contributed by atoms with Gasteiger partial charge in [-0.05, 0) is 27.7 Å². The van der Waals surface area contributed by atoms with Crippen LogP contribution in [0.2, 0.25) is 0 Å². The second-order valence-electron chi connectivity index (χ2n) is 3.77. The summed E-state index contributed by atoms with van der Waals surface area (Å²) in [6, 6.07) is 1.95. The van der Waals surface area contributed by atoms with Crippen LogP contribution in [0, 0.1) is 11.3 Å². The zero-order chi connectivity index (χ0) is 11.8. The van der Waals surface area contributed by atoms with Crippen LogP contribution < -0.4 is 5.32 Å². The zero-order valence-electron chi connectivity index (χ0n) is 10.1. The molecule has 0 spiro atoms. The summed E-state index contributed by atoms with van der Waals surface area (Å²) in [7, 11) is 0. The topological polar surface area (TPSA) is 56.1 Å². The Labute approximate surface area is 92.3 Å². The molecule has 1 N–H and O–H groups in total. The molecule has 86 valence electrons. The number of nitrogens with one attached hydrogen (secondary N) is 1. The van der Waals surface area contributed by atoms with Crippen molar-refractivity contribution in [3.8, 4) is 6.07 Å². The molecule has 15 heavy (non-hydrogen) atoms. The van der Waals surface area contributed by atoms with Gasteiger partial charge >= 0.3 is 0 Å². The first-order valence-electron chi connectivity index (χ1n) is 5.48. The molecule has 0 fully saturated rings. The molecule has 0 aromatic heterocycles. The predicted molar refractivity (Wildman–Crippen MR) is 60.2 cm³/mol. The molecule has 0 aliphatic carbocycles. The van der Waals surface area contributed by atoms with Crippen molar-refractivity contribution in [1.29, 1.82) is 5.26 Å². The molecule has 1 unspecified atom stereocenters. The van der Waals surface area contributed by atoms with Crippen LogP contribution in [-0.2, 0) is 4.79 Å². The molecule has 0 radical (unpaired) electrons. The molecule has 0 aliphatic rings. The van der Waals surface area contributed by atoms with Crippen molar-refractivity contribution in [1.82, 2.24) is 10.2 Å². The van der Waals surface area contributed by atoms with E-state index < -0.39 is 0 Å². The largest absolute Gasteiger partial charge is 0.343 e. The van der Waals surface area contributed by atoms with E-state index in [0.717, 1.165) is 0 Å². The number of rotatable bonds is 6. The van der Waals surface area contributed by atoms with Crippen molar-refractivity contribution in [2.75, 3.05) is 13.1 Å². The molecule has 0 aromatic carbocycles. The van der Waals surface area contributed by atoms with Crippen LogP contribution in [0.3, 0.4) is 0 Å². The SMILES string of the molecule is CCN(CC)C(=O)CC(C#N)NC(C)C. The number of nitrogens with zero attached hydrogens (tertiary/aromatic N) is 2. The highest BCUT2D eigenvalue weighted by atomic mass is 16.2. The molecule has 4 heteroatoms. The molecular weight excluding hydrogens is 190 g/mol. The molecule has 0 saturated carbocycles. The molecule has 1 amide bonds. The van der Waals surface area contributed by atoms with E-state index in [1.54, 1.807) is 4.90 Å². The average molecular weight is 211 g/mol. The van der Waals surface area contributed by atoms with Gasteiger partial charge in [-0.3, -0.25) is 10.1 Å². The first kappa shape index (κ1) is 13.9. The lowest BCUT2D eigenvalue weighted by molar-refractivity contribution is -0.131. The third kappa shape index (κ3) is 5.38. The van der Waals surface area contributed by atoms with Crippen molar-refractivity contribution in [2.24, 2.45) is 0 Å². The molecule has 4 nitrogen and oxygen atoms in total. The average Bonchev–Trinajstić information content (AvgIpc) is 2.17. The summed E-state index contributed by atoms with van der Waals surface area (Å²) < 4.78 is 0. The summed E-state index contributed by atoms with van der Waals surface area (Å²) in [4.78, 5) is 13.4. The maximum absolute atomic E-state index is 11.7. The lowest BCUT2D eigenvalue weighted by Gasteiger charge is -2.21. The Kier molecular flexibility index (Phi) is 6.72. The zero-order valence-corrected chi connectivity index (χ0v) is 10.1. The summed E-state index contributed by atoms with van der Waals surface area (Å²) in [5.74, 6) is 0.0414. The fourth-order valence-corrected chi connectivity index (χ4v) is 1.42. The van der Waals surface area contributed by atoms with E-state index in [9.17, 15) is 4.79 Å². The number of hydrogen-bond acceptors (Lipinski definition) is 3. The van der Waals surface area contributed by atoms with Gasteiger partial charge in [0.05, 0.1) is 12.5 Å². The Bertz CT molecular complexity index is 228. The summed E-state index contributed by atoms with van der Waals surface area (Å²) in [6.45, 7) is 9.22. The Morgan fingerprint density at radius 1 is 1.40 bits per heavy atom. The van der Waals surface area contributed by atoms with Crippen molar-refractivity contribution in [2.45, 2.75) is 46.2 Å². The minimum Gasteiger partial charge on any atom is -0.343 e. The van der Waals surface area contributed by atoms with E-state index in [0.29, 0.717) is 13.1 Å². The normalized spacial score (nSPS) is 12.3. The second-order valence-corrected chi connectivity index (χ2v) is 3.77. The highest BCUT2D eigenvalue weighted by Crippen LogP contribution is 1.99. The number of nitriles is 1. The highest BCUT2D eigenvalue weighted by Gasteiger charge is 2.17. The Morgan fingerprint density at radius 2 is 1.93 bits per heavy atom. The Balaban J connectivity index is 4.18. The third-order valence-corrected chi connectivity index (χ3v) is 2.19. The maximum Gasteiger partial charge on any atom is 0.225 e. The van der Waals surface area contributed by atoms with Gasteiger partial charge in [-0.1, -0.05) is 0 Å². The Hall–Kier alpha value is -1.08. The number of carbonyl (C=O) groups is 1. The van der Waals surface area contributed by atoms with E-state index in [-0.39, 0.29) is 24.4 Å². The molecule has 0 bridgehead atoms. The maximum atomic E-state index is 11.7. The summed E-state index contributed by atoms with van der Waals surface area (Å²) in [5.41, 5.74) is 0. The summed E-state index contributed by atoms with van der Waals surface area (Å²) >= 11 is 0. The van der Waals surface area contributed by atoms with Gasteiger partial charge in [-0.2, -0.15) is 5.26 Å². The molecule has 0 heterocycles. The Morgan fingerprint density at radius 3 is 2.27 bits per heavy atom. The number of amides is 1. The monoisotopic (exact) mass is 211 g/mol. The van der Waals surface area contributed by atoms with Crippen molar-refractivity contribution in [3.63, 3.8) is 0 Å². The van der Waals surface area contributed by atoms with E-state index in [4.69, 9.17) is 5.26 Å². The molecule has 0 aromatic rings. The van der Waals surface area contributed by atoms with E-state index in [2.05, 4.69) is 11.4 Å². The van der Waals surface area contributed by atoms with Gasteiger partial charge in [0.1, 0.15) is 6.04 Å². The van der Waals surface area contributed by atoms with Crippen LogP contribution in [-0.4, -0.2) is 36.0 Å². The van der Waals surface area contributed by atoms with Crippen LogP contribution in [0.25, 0.3) is 0 Å². The standard InChI is InChI=1S/C11H21N3O/c1-5-14(6-2)11(15)7-10(8-12)13-9(3)4/h9-10,13H,5-7H2,1-4H3. The van der Waals surface area contributed by atoms with Crippen molar-refractivity contribution < 1.29 is 4.79 Å². The molecule has 0 saturated heterocycles. The van der Waals surface area contributed by atoms with Gasteiger partial charge in [0.25, 0.3) is 0 Å². The number of carbonyl (C=O) groups excluding carboxylic acids is 1. The predicted octanol–water partition coefficient (Wildman–Crippen LogP) is 1.14. The van der Waals surface area contributed by atoms with Crippen molar-refractivity contribution in [3.05, 3.63) is 0 Å². The van der Waals surface area contributed by atoms with Crippen LogP contribution in [0.15, 0.2) is 0 Å². The molecule has 0 aliphatic heterocycles. The lowest BCUT2D eigenvalue weighted by Crippen LogP contribution is -2.40. The molecule has 1 atom stereocenters. The molecular formula is C11H21N3O. The third-order valence-electron chi connectivity index (χ3n) is 2.19. The smallest absolute Gasteiger partial charge is 0.225 e. The van der Waals surface area contributed by atoms with E-state index in [1.807, 2.05) is 27.7 Å². The van der Waals surface area contributed by atoms with E-state index >= 15 is 0 Å². The first-order chi connectivity index (χ1) is 7.04.